The second kappa shape index (κ2) is 17.6. The van der Waals surface area contributed by atoms with Crippen LogP contribution in [0.1, 0.15) is 91.5 Å². The number of aliphatic hydroxyl groups excluding tert-OH is 5. The van der Waals surface area contributed by atoms with E-state index in [1.807, 2.05) is 6.92 Å². The molecule has 0 bridgehead atoms. The zero-order valence-corrected chi connectivity index (χ0v) is 38.6. The quantitative estimate of drug-likeness (QED) is 0.169. The Labute approximate surface area is 392 Å². The first-order valence-corrected chi connectivity index (χ1v) is 23.8. The van der Waals surface area contributed by atoms with Gasteiger partial charge in [-0.15, -0.1) is 0 Å². The minimum absolute atomic E-state index is 0.0108. The van der Waals surface area contributed by atoms with Gasteiger partial charge in [-0.05, 0) is 77.8 Å². The lowest BCUT2D eigenvalue weighted by Crippen LogP contribution is -2.72. The van der Waals surface area contributed by atoms with Gasteiger partial charge in [0.1, 0.15) is 34.7 Å². The van der Waals surface area contributed by atoms with Crippen molar-refractivity contribution in [3.8, 4) is 17.1 Å². The topological polar surface area (TPSA) is 274 Å². The molecule has 0 amide bonds. The van der Waals surface area contributed by atoms with Gasteiger partial charge in [0.15, 0.2) is 36.0 Å². The Morgan fingerprint density at radius 1 is 0.735 bits per heavy atom. The SMILES string of the molecule is CC1OC(OC23C(=O)C[C@](C)(O)CC2(O)C=CC2C3=c3oc(-c4ccc(O)cc4)c4c3=C(C(=O)C(C3CC(OC5CCC(OC6CC(O)C(O)C(C)O6)C(C)O5)C(O)C(C)O3)=C4)C2O)CCC1O. The summed E-state index contributed by atoms with van der Waals surface area (Å²) in [4.78, 5) is 30.1. The maximum absolute atomic E-state index is 15.2. The molecule has 18 unspecified atom stereocenters. The molecule has 8 N–H and O–H groups in total. The van der Waals surface area contributed by atoms with Crippen LogP contribution in [0.3, 0.4) is 0 Å². The van der Waals surface area contributed by atoms with Crippen LogP contribution in [-0.4, -0.2) is 161 Å². The molecule has 8 aliphatic rings. The molecule has 1 saturated carbocycles. The molecule has 4 saturated heterocycles. The van der Waals surface area contributed by atoms with Crippen LogP contribution in [0, 0.1) is 5.92 Å². The number of ketones is 2. The van der Waals surface area contributed by atoms with Gasteiger partial charge in [-0.3, -0.25) is 9.59 Å². The van der Waals surface area contributed by atoms with Crippen molar-refractivity contribution in [2.24, 2.45) is 5.92 Å². The lowest BCUT2D eigenvalue weighted by atomic mass is 9.56. The van der Waals surface area contributed by atoms with Crippen molar-refractivity contribution in [2.75, 3.05) is 0 Å². The zero-order chi connectivity index (χ0) is 48.4. The number of carbonyl (C=O) groups is 2. The standard InChI is InChI=1S/C50H62O18/c1-21-30(52)10-12-37(62-21)68-50-35(54)19-48(5,59)20-49(50,60)15-14-27-41(50)47-39-29(46(67-47)25-6-8-26(51)9-7-25)16-28(45(58)40(39)44(27)57)33-18-34(43(56)24(4)61-33)66-36-13-11-32(22(2)63-36)65-38-17-31(53)42(55)23(3)64-38/h6-9,14-16,21-24,27,30-34,36-38,42-44,51-53,55-57,59-60H,10-13,17-20H2,1-5H3/t21?,22?,23?,24?,27?,30?,31?,32?,33?,34?,36?,37?,38?,42?,43?,44?,48-,49?,50?/m0/s1. The molecule has 10 rings (SSSR count). The van der Waals surface area contributed by atoms with Crippen LogP contribution < -0.4 is 10.6 Å². The molecule has 5 fully saturated rings. The van der Waals surface area contributed by atoms with Crippen LogP contribution in [-0.2, 0) is 42.7 Å². The fourth-order valence-corrected chi connectivity index (χ4v) is 11.8. The van der Waals surface area contributed by atoms with Crippen LogP contribution in [0.2, 0.25) is 0 Å². The molecule has 4 aliphatic carbocycles. The van der Waals surface area contributed by atoms with E-state index in [1.165, 1.54) is 31.2 Å². The molecule has 0 radical (unpaired) electrons. The number of carbonyl (C=O) groups excluding carboxylic acids is 2. The van der Waals surface area contributed by atoms with Crippen LogP contribution in [0.25, 0.3) is 28.5 Å². The molecule has 4 aliphatic heterocycles. The zero-order valence-electron chi connectivity index (χ0n) is 38.6. The average Bonchev–Trinajstić information content (AvgIpc) is 3.64. The first kappa shape index (κ1) is 48.0. The van der Waals surface area contributed by atoms with E-state index in [-0.39, 0.29) is 71.0 Å². The van der Waals surface area contributed by atoms with Gasteiger partial charge >= 0.3 is 0 Å². The van der Waals surface area contributed by atoms with E-state index in [0.717, 1.165) is 0 Å². The van der Waals surface area contributed by atoms with Crippen LogP contribution in [0.4, 0.5) is 0 Å². The predicted molar refractivity (Wildman–Crippen MR) is 236 cm³/mol. The number of fused-ring (bicyclic) bond motifs is 3. The number of benzene rings is 1. The van der Waals surface area contributed by atoms with E-state index in [1.54, 1.807) is 39.0 Å². The molecular weight excluding hydrogens is 889 g/mol. The van der Waals surface area contributed by atoms with Gasteiger partial charge in [-0.25, -0.2) is 0 Å². The largest absolute Gasteiger partial charge is 0.508 e. The third kappa shape index (κ3) is 7.98. The smallest absolute Gasteiger partial charge is 0.191 e. The number of hydrogen-bond donors (Lipinski definition) is 8. The third-order valence-electron chi connectivity index (χ3n) is 15.4. The lowest BCUT2D eigenvalue weighted by Gasteiger charge is -2.56. The van der Waals surface area contributed by atoms with E-state index >= 15 is 4.79 Å². The summed E-state index contributed by atoms with van der Waals surface area (Å²) < 4.78 is 50.7. The van der Waals surface area contributed by atoms with Gasteiger partial charge in [0.05, 0.1) is 66.6 Å². The molecule has 18 heteroatoms. The van der Waals surface area contributed by atoms with E-state index < -0.39 is 133 Å². The molecule has 2 aromatic rings. The number of rotatable bonds is 8. The molecule has 18 nitrogen and oxygen atoms in total. The number of phenolic OH excluding ortho intramolecular Hbond substituents is 1. The number of ether oxygens (including phenoxy) is 7. The van der Waals surface area contributed by atoms with E-state index in [9.17, 15) is 45.6 Å². The number of aliphatic hydroxyl groups is 7. The van der Waals surface area contributed by atoms with Crippen molar-refractivity contribution in [1.82, 2.24) is 0 Å². The van der Waals surface area contributed by atoms with Gasteiger partial charge in [-0.1, -0.05) is 12.2 Å². The maximum atomic E-state index is 15.2. The Bertz CT molecular complexity index is 2480. The Morgan fingerprint density at radius 2 is 1.41 bits per heavy atom. The van der Waals surface area contributed by atoms with Gasteiger partial charge < -0.3 is 78.4 Å². The van der Waals surface area contributed by atoms with Crippen molar-refractivity contribution in [3.63, 3.8) is 0 Å². The summed E-state index contributed by atoms with van der Waals surface area (Å²) in [5.41, 5.74) is -5.16. The number of furan rings is 1. The Hall–Kier alpha value is -3.70. The summed E-state index contributed by atoms with van der Waals surface area (Å²) in [6.45, 7) is 8.27. The van der Waals surface area contributed by atoms with Gasteiger partial charge in [-0.2, -0.15) is 0 Å². The van der Waals surface area contributed by atoms with Gasteiger partial charge in [0.25, 0.3) is 0 Å². The van der Waals surface area contributed by atoms with Gasteiger partial charge in [0, 0.05) is 77.5 Å². The normalized spacial score (nSPS) is 44.8. The van der Waals surface area contributed by atoms with Crippen LogP contribution in [0.15, 0.2) is 46.4 Å². The molecule has 68 heavy (non-hydrogen) atoms. The third-order valence-corrected chi connectivity index (χ3v) is 15.4. The summed E-state index contributed by atoms with van der Waals surface area (Å²) in [6.07, 6.45) is -7.90. The summed E-state index contributed by atoms with van der Waals surface area (Å²) >= 11 is 0. The van der Waals surface area contributed by atoms with E-state index in [2.05, 4.69) is 0 Å². The molecule has 19 atom stereocenters. The minimum Gasteiger partial charge on any atom is -0.508 e. The predicted octanol–water partition coefficient (Wildman–Crippen LogP) is 0.657. The number of aromatic hydroxyl groups is 1. The highest BCUT2D eigenvalue weighted by atomic mass is 16.7. The summed E-state index contributed by atoms with van der Waals surface area (Å²) in [5.74, 6) is -2.25. The van der Waals surface area contributed by atoms with Crippen LogP contribution in [0.5, 0.6) is 5.75 Å². The highest BCUT2D eigenvalue weighted by molar-refractivity contribution is 6.29. The minimum atomic E-state index is -2.29. The van der Waals surface area contributed by atoms with Gasteiger partial charge in [0.2, 0.25) is 0 Å². The van der Waals surface area contributed by atoms with Crippen molar-refractivity contribution >= 4 is 28.8 Å². The van der Waals surface area contributed by atoms with E-state index in [4.69, 9.17) is 37.6 Å². The summed E-state index contributed by atoms with van der Waals surface area (Å²) in [5, 5.41) is 89.6. The molecule has 0 spiro atoms. The lowest BCUT2D eigenvalue weighted by molar-refractivity contribution is -0.305. The van der Waals surface area contributed by atoms with Crippen molar-refractivity contribution in [2.45, 2.75) is 195 Å². The second-order valence-corrected chi connectivity index (χ2v) is 20.4. The molecule has 1 aromatic heterocycles. The van der Waals surface area contributed by atoms with Crippen LogP contribution >= 0.6 is 0 Å². The summed E-state index contributed by atoms with van der Waals surface area (Å²) in [6, 6.07) is 6.16. The fraction of sp³-hybridized carbons (Fsp3) is 0.640. The second-order valence-electron chi connectivity index (χ2n) is 20.4. The highest BCUT2D eigenvalue weighted by Crippen LogP contribution is 2.55. The number of Topliss-reactive ketones (excluding diaryl/α,β-unsaturated/α-hetero) is 2. The van der Waals surface area contributed by atoms with Crippen molar-refractivity contribution in [1.29, 1.82) is 0 Å². The fourth-order valence-electron chi connectivity index (χ4n) is 11.8. The Kier molecular flexibility index (Phi) is 12.4. The van der Waals surface area contributed by atoms with E-state index in [0.29, 0.717) is 24.0 Å². The maximum Gasteiger partial charge on any atom is 0.191 e. The Morgan fingerprint density at radius 3 is 2.12 bits per heavy atom. The first-order valence-electron chi connectivity index (χ1n) is 23.8. The number of hydrogen-bond acceptors (Lipinski definition) is 18. The van der Waals surface area contributed by atoms with Crippen molar-refractivity contribution < 1.29 is 88.0 Å². The first-order chi connectivity index (χ1) is 32.2. The average molecular weight is 951 g/mol. The van der Waals surface area contributed by atoms with Crippen molar-refractivity contribution in [3.05, 3.63) is 58.2 Å². The molecule has 370 valence electrons. The highest BCUT2D eigenvalue weighted by Gasteiger charge is 2.69. The monoisotopic (exact) mass is 950 g/mol. The summed E-state index contributed by atoms with van der Waals surface area (Å²) in [7, 11) is 0. The molecule has 5 heterocycles. The molecular formula is C50H62O18. The number of phenols is 1. The Balaban J connectivity index is 1.02. The molecule has 1 aromatic carbocycles.